The highest BCUT2D eigenvalue weighted by atomic mass is 16.2. The van der Waals surface area contributed by atoms with Crippen LogP contribution in [0, 0.1) is 5.92 Å². The summed E-state index contributed by atoms with van der Waals surface area (Å²) in [6, 6.07) is 5.87. The summed E-state index contributed by atoms with van der Waals surface area (Å²) in [5, 5.41) is 4.14. The summed E-state index contributed by atoms with van der Waals surface area (Å²) in [6.07, 6.45) is 6.73. The number of carbonyl (C=O) groups excluding carboxylic acids is 1. The Balaban J connectivity index is 1.87. The van der Waals surface area contributed by atoms with E-state index in [2.05, 4.69) is 24.1 Å². The lowest BCUT2D eigenvalue weighted by molar-refractivity contribution is -0.120. The number of hydrogen-bond acceptors (Lipinski definition) is 2. The quantitative estimate of drug-likeness (QED) is 0.837. The number of rotatable bonds is 6. The number of benzene rings is 1. The Kier molecular flexibility index (Phi) is 5.03. The second-order valence-electron chi connectivity index (χ2n) is 6.79. The predicted molar refractivity (Wildman–Crippen MR) is 98.5 cm³/mol. The van der Waals surface area contributed by atoms with E-state index in [1.807, 2.05) is 18.2 Å². The molecule has 0 spiro atoms. The predicted octanol–water partition coefficient (Wildman–Crippen LogP) is 4.17. The number of anilines is 1. The van der Waals surface area contributed by atoms with Crippen LogP contribution in [0.2, 0.25) is 0 Å². The first kappa shape index (κ1) is 16.7. The third-order valence-electron chi connectivity index (χ3n) is 5.00. The molecule has 0 saturated carbocycles. The number of nitrogens with one attached hydrogen (secondary N) is 2. The molecule has 0 aliphatic heterocycles. The largest absolute Gasteiger partial charge is 0.326 e. The van der Waals surface area contributed by atoms with Crippen LogP contribution in [-0.4, -0.2) is 10.9 Å². The van der Waals surface area contributed by atoms with Crippen LogP contribution >= 0.6 is 0 Å². The number of H-pyrrole nitrogens is 1. The lowest BCUT2D eigenvalue weighted by Crippen LogP contribution is -2.22. The van der Waals surface area contributed by atoms with Gasteiger partial charge in [-0.1, -0.05) is 32.8 Å². The van der Waals surface area contributed by atoms with Crippen molar-refractivity contribution in [1.29, 1.82) is 0 Å². The molecule has 0 fully saturated rings. The molecule has 1 aliphatic carbocycles. The van der Waals surface area contributed by atoms with Crippen molar-refractivity contribution in [1.82, 2.24) is 4.98 Å². The van der Waals surface area contributed by atoms with Crippen LogP contribution in [-0.2, 0) is 17.6 Å². The molecular formula is C20H26N2O2. The van der Waals surface area contributed by atoms with Gasteiger partial charge in [0.25, 0.3) is 5.56 Å². The zero-order chi connectivity index (χ0) is 17.1. The molecule has 24 heavy (non-hydrogen) atoms. The third kappa shape index (κ3) is 3.23. The summed E-state index contributed by atoms with van der Waals surface area (Å²) in [7, 11) is 0. The number of aromatic amines is 1. The van der Waals surface area contributed by atoms with Crippen LogP contribution in [0.3, 0.4) is 0 Å². The lowest BCUT2D eigenvalue weighted by Gasteiger charge is -2.16. The van der Waals surface area contributed by atoms with E-state index >= 15 is 0 Å². The first-order valence-electron chi connectivity index (χ1n) is 9.12. The molecule has 0 unspecified atom stereocenters. The van der Waals surface area contributed by atoms with Crippen molar-refractivity contribution in [2.45, 2.75) is 58.8 Å². The van der Waals surface area contributed by atoms with Gasteiger partial charge >= 0.3 is 0 Å². The highest BCUT2D eigenvalue weighted by molar-refractivity contribution is 5.95. The molecule has 1 aromatic heterocycles. The Bertz CT molecular complexity index is 801. The molecule has 4 nitrogen and oxygen atoms in total. The third-order valence-corrected chi connectivity index (χ3v) is 5.00. The maximum Gasteiger partial charge on any atom is 0.251 e. The fourth-order valence-electron chi connectivity index (χ4n) is 3.83. The summed E-state index contributed by atoms with van der Waals surface area (Å²) in [6.45, 7) is 4.22. The molecular weight excluding hydrogens is 300 g/mol. The van der Waals surface area contributed by atoms with Crippen LogP contribution in [0.15, 0.2) is 23.0 Å². The van der Waals surface area contributed by atoms with E-state index in [0.717, 1.165) is 67.1 Å². The van der Waals surface area contributed by atoms with E-state index in [1.165, 1.54) is 5.56 Å². The number of pyridine rings is 1. The number of hydrogen-bond donors (Lipinski definition) is 2. The highest BCUT2D eigenvalue weighted by Crippen LogP contribution is 2.28. The highest BCUT2D eigenvalue weighted by Gasteiger charge is 2.19. The molecule has 0 atom stereocenters. The first-order chi connectivity index (χ1) is 11.6. The van der Waals surface area contributed by atoms with E-state index in [1.54, 1.807) is 0 Å². The Hall–Kier alpha value is -2.10. The summed E-state index contributed by atoms with van der Waals surface area (Å²) in [5.41, 5.74) is 3.72. The molecule has 1 heterocycles. The fourth-order valence-corrected chi connectivity index (χ4v) is 3.83. The van der Waals surface area contributed by atoms with Crippen LogP contribution in [0.5, 0.6) is 0 Å². The molecule has 0 radical (unpaired) electrons. The summed E-state index contributed by atoms with van der Waals surface area (Å²) >= 11 is 0. The second-order valence-corrected chi connectivity index (χ2v) is 6.79. The number of fused-ring (bicyclic) bond motifs is 3. The van der Waals surface area contributed by atoms with Crippen molar-refractivity contribution in [2.75, 3.05) is 5.32 Å². The van der Waals surface area contributed by atoms with E-state index in [0.29, 0.717) is 0 Å². The minimum Gasteiger partial charge on any atom is -0.326 e. The van der Waals surface area contributed by atoms with Gasteiger partial charge < -0.3 is 10.3 Å². The Morgan fingerprint density at radius 2 is 1.88 bits per heavy atom. The Morgan fingerprint density at radius 1 is 1.17 bits per heavy atom. The molecule has 3 rings (SSSR count). The van der Waals surface area contributed by atoms with Gasteiger partial charge in [-0.25, -0.2) is 0 Å². The van der Waals surface area contributed by atoms with Gasteiger partial charge in [-0.2, -0.15) is 0 Å². The van der Waals surface area contributed by atoms with Gasteiger partial charge in [0.2, 0.25) is 5.91 Å². The maximum atomic E-state index is 12.5. The number of amides is 1. The zero-order valence-corrected chi connectivity index (χ0v) is 14.6. The number of carbonyl (C=O) groups is 1. The Labute approximate surface area is 142 Å². The second kappa shape index (κ2) is 7.20. The number of aryl methyl sites for hydroxylation is 1. The van der Waals surface area contributed by atoms with Crippen molar-refractivity contribution >= 4 is 22.5 Å². The zero-order valence-electron chi connectivity index (χ0n) is 14.6. The average molecular weight is 326 g/mol. The fraction of sp³-hybridized carbons (Fsp3) is 0.500. The first-order valence-corrected chi connectivity index (χ1v) is 9.12. The molecule has 1 amide bonds. The molecule has 0 bridgehead atoms. The number of aromatic nitrogens is 1. The molecule has 0 saturated heterocycles. The van der Waals surface area contributed by atoms with Crippen molar-refractivity contribution in [3.05, 3.63) is 39.7 Å². The van der Waals surface area contributed by atoms with Gasteiger partial charge in [0.1, 0.15) is 0 Å². The minimum absolute atomic E-state index is 0.0216. The monoisotopic (exact) mass is 326 g/mol. The van der Waals surface area contributed by atoms with Gasteiger partial charge in [0.05, 0.1) is 5.52 Å². The summed E-state index contributed by atoms with van der Waals surface area (Å²) < 4.78 is 0. The van der Waals surface area contributed by atoms with E-state index in [9.17, 15) is 9.59 Å². The van der Waals surface area contributed by atoms with Crippen molar-refractivity contribution in [3.8, 4) is 0 Å². The van der Waals surface area contributed by atoms with E-state index < -0.39 is 0 Å². The van der Waals surface area contributed by atoms with Gasteiger partial charge in [-0.05, 0) is 49.8 Å². The van der Waals surface area contributed by atoms with Crippen LogP contribution in [0.4, 0.5) is 5.69 Å². The SMILES string of the molecule is CCCC(CCC)C(=O)Nc1ccc2c3c(c(=O)[nH]c2c1)CCC3. The van der Waals surface area contributed by atoms with Crippen molar-refractivity contribution < 1.29 is 4.79 Å². The normalized spacial score (nSPS) is 13.5. The molecule has 128 valence electrons. The van der Waals surface area contributed by atoms with Crippen molar-refractivity contribution in [2.24, 2.45) is 5.92 Å². The standard InChI is InChI=1S/C20H26N2O2/c1-3-6-13(7-4-2)19(23)21-14-10-11-16-15-8-5-9-17(15)20(24)22-18(16)12-14/h10-13H,3-9H2,1-2H3,(H,21,23)(H,22,24). The molecule has 2 aromatic rings. The van der Waals surface area contributed by atoms with E-state index in [-0.39, 0.29) is 17.4 Å². The molecule has 2 N–H and O–H groups in total. The van der Waals surface area contributed by atoms with Crippen LogP contribution < -0.4 is 10.9 Å². The minimum atomic E-state index is 0.0216. The van der Waals surface area contributed by atoms with Gasteiger partial charge in [0.15, 0.2) is 0 Å². The molecule has 4 heteroatoms. The van der Waals surface area contributed by atoms with Crippen molar-refractivity contribution in [3.63, 3.8) is 0 Å². The van der Waals surface area contributed by atoms with E-state index in [4.69, 9.17) is 0 Å². The topological polar surface area (TPSA) is 62.0 Å². The smallest absolute Gasteiger partial charge is 0.251 e. The average Bonchev–Trinajstić information content (AvgIpc) is 3.05. The maximum absolute atomic E-state index is 12.5. The van der Waals surface area contributed by atoms with Crippen LogP contribution in [0.1, 0.15) is 57.1 Å². The lowest BCUT2D eigenvalue weighted by atomic mass is 9.97. The van der Waals surface area contributed by atoms with Crippen LogP contribution in [0.25, 0.3) is 10.9 Å². The summed E-state index contributed by atoms with van der Waals surface area (Å²) in [4.78, 5) is 27.7. The van der Waals surface area contributed by atoms with Gasteiger partial charge in [0, 0.05) is 22.6 Å². The van der Waals surface area contributed by atoms with Gasteiger partial charge in [-0.15, -0.1) is 0 Å². The molecule has 1 aromatic carbocycles. The summed E-state index contributed by atoms with van der Waals surface area (Å²) in [5.74, 6) is 0.149. The Morgan fingerprint density at radius 3 is 2.58 bits per heavy atom. The van der Waals surface area contributed by atoms with Gasteiger partial charge in [-0.3, -0.25) is 9.59 Å². The molecule has 1 aliphatic rings.